The number of nitrogens with zero attached hydrogens (tertiary/aromatic N) is 5. The van der Waals surface area contributed by atoms with Crippen LogP contribution in [0.15, 0.2) is 18.6 Å². The third-order valence-corrected chi connectivity index (χ3v) is 5.98. The molecule has 4 rings (SSSR count). The van der Waals surface area contributed by atoms with Gasteiger partial charge in [0, 0.05) is 43.5 Å². The van der Waals surface area contributed by atoms with Gasteiger partial charge < -0.3 is 30.5 Å². The zero-order valence-electron chi connectivity index (χ0n) is 18.2. The number of fused-ring (bicyclic) bond motifs is 1. The lowest BCUT2D eigenvalue weighted by atomic mass is 9.79. The van der Waals surface area contributed by atoms with E-state index in [4.69, 9.17) is 4.74 Å². The van der Waals surface area contributed by atoms with Crippen molar-refractivity contribution in [1.29, 1.82) is 0 Å². The number of aromatic nitrogens is 4. The first-order valence-electron chi connectivity index (χ1n) is 10.4. The molecule has 0 aromatic carbocycles. The third-order valence-electron chi connectivity index (χ3n) is 5.98. The van der Waals surface area contributed by atoms with Crippen molar-refractivity contribution in [3.63, 3.8) is 0 Å². The van der Waals surface area contributed by atoms with Gasteiger partial charge in [-0.3, -0.25) is 19.1 Å². The predicted octanol–water partition coefficient (Wildman–Crippen LogP) is -1.77. The van der Waals surface area contributed by atoms with Crippen molar-refractivity contribution in [3.05, 3.63) is 29.8 Å². The van der Waals surface area contributed by atoms with Crippen LogP contribution in [0.4, 0.5) is 5.82 Å². The summed E-state index contributed by atoms with van der Waals surface area (Å²) in [6, 6.07) is 1.33. The van der Waals surface area contributed by atoms with Crippen LogP contribution in [0.2, 0.25) is 0 Å². The van der Waals surface area contributed by atoms with Crippen LogP contribution in [0.1, 0.15) is 28.9 Å². The van der Waals surface area contributed by atoms with Gasteiger partial charge in [0.1, 0.15) is 12.1 Å². The lowest BCUT2D eigenvalue weighted by molar-refractivity contribution is -0.152. The van der Waals surface area contributed by atoms with E-state index in [1.807, 2.05) is 6.20 Å². The molecule has 0 saturated carbocycles. The van der Waals surface area contributed by atoms with Crippen LogP contribution in [0, 0.1) is 0 Å². The van der Waals surface area contributed by atoms with Crippen molar-refractivity contribution in [2.24, 2.45) is 7.05 Å². The van der Waals surface area contributed by atoms with E-state index in [9.17, 15) is 24.6 Å². The van der Waals surface area contributed by atoms with Gasteiger partial charge >= 0.3 is 0 Å². The Morgan fingerprint density at radius 3 is 2.67 bits per heavy atom. The zero-order chi connectivity index (χ0) is 23.8. The number of aliphatic hydroxyl groups is 2. The van der Waals surface area contributed by atoms with Gasteiger partial charge in [-0.15, -0.1) is 0 Å². The summed E-state index contributed by atoms with van der Waals surface area (Å²) in [7, 11) is 3.14. The largest absolute Gasteiger partial charge is 0.481 e. The molecular weight excluding hydrogens is 434 g/mol. The summed E-state index contributed by atoms with van der Waals surface area (Å²) >= 11 is 0. The molecule has 1 fully saturated rings. The van der Waals surface area contributed by atoms with Gasteiger partial charge in [0.15, 0.2) is 17.9 Å². The lowest BCUT2D eigenvalue weighted by Gasteiger charge is -2.44. The maximum atomic E-state index is 12.7. The normalized spacial score (nSPS) is 18.8. The Kier molecular flexibility index (Phi) is 5.99. The summed E-state index contributed by atoms with van der Waals surface area (Å²) in [4.78, 5) is 46.5. The predicted molar refractivity (Wildman–Crippen MR) is 112 cm³/mol. The highest BCUT2D eigenvalue weighted by atomic mass is 16.5. The fourth-order valence-corrected chi connectivity index (χ4v) is 4.21. The van der Waals surface area contributed by atoms with Crippen molar-refractivity contribution < 1.29 is 29.3 Å². The topological polar surface area (TPSA) is 172 Å². The molecule has 2 aliphatic rings. The Bertz CT molecular complexity index is 1080. The minimum absolute atomic E-state index is 0.0493. The van der Waals surface area contributed by atoms with Crippen LogP contribution in [0.3, 0.4) is 0 Å². The van der Waals surface area contributed by atoms with Crippen LogP contribution in [0.5, 0.6) is 5.88 Å². The van der Waals surface area contributed by atoms with Gasteiger partial charge in [-0.2, -0.15) is 5.10 Å². The number of piperidine rings is 1. The second kappa shape index (κ2) is 8.75. The number of nitrogens with one attached hydrogen (secondary N) is 2. The molecule has 33 heavy (non-hydrogen) atoms. The van der Waals surface area contributed by atoms with E-state index in [0.29, 0.717) is 25.0 Å². The summed E-state index contributed by atoms with van der Waals surface area (Å²) in [6.07, 6.45) is 0.558. The van der Waals surface area contributed by atoms with Gasteiger partial charge in [-0.05, 0) is 19.3 Å². The van der Waals surface area contributed by atoms with Crippen molar-refractivity contribution in [1.82, 2.24) is 30.0 Å². The number of aryl methyl sites for hydroxylation is 1. The molecule has 13 heteroatoms. The Hall–Kier alpha value is -3.58. The average molecular weight is 459 g/mol. The van der Waals surface area contributed by atoms with E-state index in [2.05, 4.69) is 25.7 Å². The van der Waals surface area contributed by atoms with Crippen LogP contribution < -0.4 is 15.4 Å². The number of anilines is 1. The molecule has 0 aliphatic carbocycles. The smallest absolute Gasteiger partial charge is 0.272 e. The van der Waals surface area contributed by atoms with Crippen molar-refractivity contribution in [3.8, 4) is 5.88 Å². The Morgan fingerprint density at radius 2 is 1.97 bits per heavy atom. The first-order valence-corrected chi connectivity index (χ1v) is 10.4. The molecule has 3 amide bonds. The van der Waals surface area contributed by atoms with E-state index < -0.39 is 29.6 Å². The van der Waals surface area contributed by atoms with E-state index >= 15 is 0 Å². The number of hydrogen-bond acceptors (Lipinski definition) is 9. The Labute approximate surface area is 188 Å². The summed E-state index contributed by atoms with van der Waals surface area (Å²) in [6.45, 7) is 0.506. The van der Waals surface area contributed by atoms with Gasteiger partial charge in [-0.25, -0.2) is 9.97 Å². The number of rotatable bonds is 5. The second-order valence-electron chi connectivity index (χ2n) is 8.24. The number of amides is 3. The maximum Gasteiger partial charge on any atom is 0.272 e. The number of ether oxygens (including phenoxy) is 1. The summed E-state index contributed by atoms with van der Waals surface area (Å²) in [5.41, 5.74) is 0.763. The molecule has 1 spiro atoms. The second-order valence-corrected chi connectivity index (χ2v) is 8.24. The highest BCUT2D eigenvalue weighted by Gasteiger charge is 2.44. The van der Waals surface area contributed by atoms with Gasteiger partial charge in [0.25, 0.3) is 17.7 Å². The number of hydrogen-bond donors (Lipinski definition) is 4. The molecule has 13 nitrogen and oxygen atoms in total. The Morgan fingerprint density at radius 1 is 1.24 bits per heavy atom. The molecule has 4 heterocycles. The number of methoxy groups -OCH3 is 1. The molecule has 0 radical (unpaired) electrons. The first-order chi connectivity index (χ1) is 15.7. The van der Waals surface area contributed by atoms with Crippen molar-refractivity contribution >= 4 is 23.5 Å². The van der Waals surface area contributed by atoms with Gasteiger partial charge in [0.05, 0.1) is 7.11 Å². The SMILES string of the molecule is COc1cc(NC(=O)[C@@H](O)[C@H](O)C(=O)N2CCC3(CC2)Cc2cn(C)nc2C(=O)N3)ncn1. The fraction of sp³-hybridized carbons (Fsp3) is 0.500. The first kappa shape index (κ1) is 22.6. The number of carbonyl (C=O) groups excluding carboxylic acids is 3. The minimum Gasteiger partial charge on any atom is -0.481 e. The maximum absolute atomic E-state index is 12.7. The molecular formula is C20H25N7O6. The van der Waals surface area contributed by atoms with E-state index in [0.717, 1.165) is 11.9 Å². The molecule has 176 valence electrons. The van der Waals surface area contributed by atoms with E-state index in [1.165, 1.54) is 18.1 Å². The quantitative estimate of drug-likeness (QED) is 0.404. The van der Waals surface area contributed by atoms with Gasteiger partial charge in [0.2, 0.25) is 5.88 Å². The van der Waals surface area contributed by atoms with Crippen molar-refractivity contribution in [2.75, 3.05) is 25.5 Å². The van der Waals surface area contributed by atoms with Crippen LogP contribution in [-0.2, 0) is 23.1 Å². The van der Waals surface area contributed by atoms with Crippen LogP contribution >= 0.6 is 0 Å². The average Bonchev–Trinajstić information content (AvgIpc) is 3.18. The highest BCUT2D eigenvalue weighted by Crippen LogP contribution is 2.31. The standard InChI is InChI=1S/C20H25N7O6/c1-26-9-11-8-20(24-17(30)14(11)25-26)3-5-27(6-4-20)19(32)16(29)15(28)18(31)23-12-7-13(33-2)22-10-21-12/h7,9-10,15-16,28-29H,3-6,8H2,1-2H3,(H,24,30)(H,21,22,23,31)/t15-,16-/m0/s1. The third kappa shape index (κ3) is 4.50. The molecule has 2 aromatic heterocycles. The summed E-state index contributed by atoms with van der Waals surface area (Å²) in [5, 5.41) is 30.0. The lowest BCUT2D eigenvalue weighted by Crippen LogP contribution is -2.61. The molecule has 4 N–H and O–H groups in total. The van der Waals surface area contributed by atoms with E-state index in [1.54, 1.807) is 11.7 Å². The zero-order valence-corrected chi connectivity index (χ0v) is 18.2. The van der Waals surface area contributed by atoms with Crippen LogP contribution in [-0.4, -0.2) is 90.5 Å². The summed E-state index contributed by atoms with van der Waals surface area (Å²) < 4.78 is 6.53. The number of carbonyl (C=O) groups is 3. The monoisotopic (exact) mass is 459 g/mol. The molecule has 2 aliphatic heterocycles. The molecule has 1 saturated heterocycles. The number of aliphatic hydroxyl groups excluding tert-OH is 2. The fourth-order valence-electron chi connectivity index (χ4n) is 4.21. The molecule has 2 atom stereocenters. The van der Waals surface area contributed by atoms with Crippen LogP contribution in [0.25, 0.3) is 0 Å². The van der Waals surface area contributed by atoms with E-state index in [-0.39, 0.29) is 30.7 Å². The highest BCUT2D eigenvalue weighted by molar-refractivity contribution is 5.98. The molecule has 2 aromatic rings. The minimum atomic E-state index is -2.00. The molecule has 0 unspecified atom stereocenters. The van der Waals surface area contributed by atoms with Gasteiger partial charge in [-0.1, -0.05) is 0 Å². The number of likely N-dealkylation sites (tertiary alicyclic amines) is 1. The summed E-state index contributed by atoms with van der Waals surface area (Å²) in [5.74, 6) is -1.76. The molecule has 0 bridgehead atoms. The Balaban J connectivity index is 1.35. The van der Waals surface area contributed by atoms with Crippen molar-refractivity contribution in [2.45, 2.75) is 37.0 Å².